The Bertz CT molecular complexity index is 547. The average molecular weight is 469 g/mol. The lowest BCUT2D eigenvalue weighted by Gasteiger charge is -2.17. The van der Waals surface area contributed by atoms with Crippen molar-refractivity contribution >= 4 is 40.7 Å². The number of halogens is 2. The molecule has 0 aliphatic rings. The Morgan fingerprint density at radius 3 is 2.50 bits per heavy atom. The van der Waals surface area contributed by atoms with Gasteiger partial charge in [-0.2, -0.15) is 0 Å². The van der Waals surface area contributed by atoms with Gasteiger partial charge >= 0.3 is 0 Å². The molecule has 0 spiro atoms. The molecule has 0 aliphatic heterocycles. The van der Waals surface area contributed by atoms with Crippen LogP contribution in [0.15, 0.2) is 29.3 Å². The SMILES string of the molecule is CCNC(=NCCS(=O)C(C)(C)C)NCCc1ccccc1F.I. The molecule has 0 bridgehead atoms. The first kappa shape index (κ1) is 23.3. The summed E-state index contributed by atoms with van der Waals surface area (Å²) in [4.78, 5) is 4.43. The molecule has 1 aromatic carbocycles. The van der Waals surface area contributed by atoms with Crippen LogP contribution in [0, 0.1) is 5.82 Å². The van der Waals surface area contributed by atoms with Gasteiger partial charge in [0.1, 0.15) is 5.82 Å². The van der Waals surface area contributed by atoms with Crippen molar-refractivity contribution in [2.45, 2.75) is 38.9 Å². The lowest BCUT2D eigenvalue weighted by molar-refractivity contribution is 0.606. The van der Waals surface area contributed by atoms with Crippen molar-refractivity contribution in [3.05, 3.63) is 35.6 Å². The van der Waals surface area contributed by atoms with Crippen molar-refractivity contribution in [2.24, 2.45) is 4.99 Å². The van der Waals surface area contributed by atoms with Gasteiger partial charge in [0.05, 0.1) is 6.54 Å². The maximum Gasteiger partial charge on any atom is 0.191 e. The molecule has 1 unspecified atom stereocenters. The fourth-order valence-corrected chi connectivity index (χ4v) is 2.77. The van der Waals surface area contributed by atoms with E-state index in [0.29, 0.717) is 36.8 Å². The molecule has 0 saturated carbocycles. The molecule has 4 nitrogen and oxygen atoms in total. The molecule has 2 N–H and O–H groups in total. The van der Waals surface area contributed by atoms with Gasteiger partial charge in [-0.1, -0.05) is 18.2 Å². The molecule has 0 radical (unpaired) electrons. The smallest absolute Gasteiger partial charge is 0.191 e. The number of guanidine groups is 1. The Balaban J connectivity index is 0.00000529. The van der Waals surface area contributed by atoms with E-state index >= 15 is 0 Å². The number of hydrogen-bond acceptors (Lipinski definition) is 2. The van der Waals surface area contributed by atoms with Crippen LogP contribution in [0.2, 0.25) is 0 Å². The quantitative estimate of drug-likeness (QED) is 0.367. The summed E-state index contributed by atoms with van der Waals surface area (Å²) >= 11 is 0. The van der Waals surface area contributed by atoms with Crippen LogP contribution in [-0.2, 0) is 17.2 Å². The molecule has 7 heteroatoms. The number of nitrogens with zero attached hydrogens (tertiary/aromatic N) is 1. The van der Waals surface area contributed by atoms with E-state index in [9.17, 15) is 8.60 Å². The predicted octanol–water partition coefficient (Wildman–Crippen LogP) is 3.09. The van der Waals surface area contributed by atoms with Crippen molar-refractivity contribution in [3.63, 3.8) is 0 Å². The van der Waals surface area contributed by atoms with Crippen LogP contribution in [0.4, 0.5) is 4.39 Å². The molecule has 0 aromatic heterocycles. The third kappa shape index (κ3) is 8.96. The molecule has 0 heterocycles. The summed E-state index contributed by atoms with van der Waals surface area (Å²) in [6, 6.07) is 6.77. The van der Waals surface area contributed by atoms with Crippen molar-refractivity contribution in [2.75, 3.05) is 25.4 Å². The van der Waals surface area contributed by atoms with Gasteiger partial charge in [-0.25, -0.2) is 4.39 Å². The summed E-state index contributed by atoms with van der Waals surface area (Å²) in [6.07, 6.45) is 0.588. The van der Waals surface area contributed by atoms with Crippen molar-refractivity contribution in [3.8, 4) is 0 Å². The second-order valence-corrected chi connectivity index (χ2v) is 8.51. The first-order chi connectivity index (χ1) is 10.8. The molecular formula is C17H29FIN3OS. The molecular weight excluding hydrogens is 440 g/mol. The van der Waals surface area contributed by atoms with Crippen LogP contribution in [0.25, 0.3) is 0 Å². The van der Waals surface area contributed by atoms with Crippen molar-refractivity contribution < 1.29 is 8.60 Å². The summed E-state index contributed by atoms with van der Waals surface area (Å²) in [5.74, 6) is 1.03. The maximum absolute atomic E-state index is 13.6. The molecule has 0 amide bonds. The topological polar surface area (TPSA) is 53.5 Å². The molecule has 24 heavy (non-hydrogen) atoms. The zero-order valence-electron chi connectivity index (χ0n) is 14.9. The number of aliphatic imine (C=N–C) groups is 1. The van der Waals surface area contributed by atoms with Crippen LogP contribution in [-0.4, -0.2) is 40.3 Å². The third-order valence-corrected chi connectivity index (χ3v) is 5.14. The van der Waals surface area contributed by atoms with Gasteiger partial charge in [0.15, 0.2) is 5.96 Å². The Morgan fingerprint density at radius 2 is 1.92 bits per heavy atom. The van der Waals surface area contributed by atoms with E-state index in [4.69, 9.17) is 0 Å². The largest absolute Gasteiger partial charge is 0.357 e. The van der Waals surface area contributed by atoms with E-state index < -0.39 is 10.8 Å². The molecule has 0 fully saturated rings. The summed E-state index contributed by atoms with van der Waals surface area (Å²) in [5, 5.41) is 6.32. The zero-order valence-corrected chi connectivity index (χ0v) is 18.0. The zero-order chi connectivity index (χ0) is 17.3. The standard InChI is InChI=1S/C17H28FN3OS.HI/c1-5-19-16(21-12-13-23(22)17(2,3)4)20-11-10-14-8-6-7-9-15(14)18;/h6-9H,5,10-13H2,1-4H3,(H2,19,20,21);1H. The monoisotopic (exact) mass is 469 g/mol. The van der Waals surface area contributed by atoms with Crippen LogP contribution >= 0.6 is 24.0 Å². The minimum absolute atomic E-state index is 0. The summed E-state index contributed by atoms with van der Waals surface area (Å²) in [6.45, 7) is 9.71. The van der Waals surface area contributed by atoms with E-state index in [2.05, 4.69) is 15.6 Å². The van der Waals surface area contributed by atoms with Crippen molar-refractivity contribution in [1.82, 2.24) is 10.6 Å². The van der Waals surface area contributed by atoms with Gasteiger partial charge in [0.25, 0.3) is 0 Å². The fraction of sp³-hybridized carbons (Fsp3) is 0.588. The van der Waals surface area contributed by atoms with Crippen LogP contribution in [0.5, 0.6) is 0 Å². The van der Waals surface area contributed by atoms with Crippen LogP contribution < -0.4 is 10.6 Å². The average Bonchev–Trinajstić information content (AvgIpc) is 2.48. The third-order valence-electron chi connectivity index (χ3n) is 3.22. The first-order valence-electron chi connectivity index (χ1n) is 7.98. The Hall–Kier alpha value is -0.700. The van der Waals surface area contributed by atoms with E-state index in [1.807, 2.05) is 33.8 Å². The number of hydrogen-bond donors (Lipinski definition) is 2. The molecule has 138 valence electrons. The molecule has 1 atom stereocenters. The lowest BCUT2D eigenvalue weighted by Crippen LogP contribution is -2.38. The van der Waals surface area contributed by atoms with Crippen molar-refractivity contribution in [1.29, 1.82) is 0 Å². The minimum atomic E-state index is -0.908. The van der Waals surface area contributed by atoms with E-state index in [-0.39, 0.29) is 34.5 Å². The summed E-state index contributed by atoms with van der Waals surface area (Å²) in [7, 11) is -0.908. The first-order valence-corrected chi connectivity index (χ1v) is 9.30. The fourth-order valence-electron chi connectivity index (χ4n) is 1.91. The maximum atomic E-state index is 13.6. The minimum Gasteiger partial charge on any atom is -0.357 e. The van der Waals surface area contributed by atoms with Crippen LogP contribution in [0.1, 0.15) is 33.3 Å². The van der Waals surface area contributed by atoms with E-state index in [1.165, 1.54) is 6.07 Å². The number of benzene rings is 1. The van der Waals surface area contributed by atoms with Gasteiger partial charge in [0.2, 0.25) is 0 Å². The Labute approximate surface area is 164 Å². The van der Waals surface area contributed by atoms with Gasteiger partial charge < -0.3 is 10.6 Å². The summed E-state index contributed by atoms with van der Waals surface area (Å²) < 4.78 is 25.3. The normalized spacial score (nSPS) is 13.1. The molecule has 0 aliphatic carbocycles. The molecule has 1 aromatic rings. The van der Waals surface area contributed by atoms with E-state index in [0.717, 1.165) is 6.54 Å². The Kier molecular flexibility index (Phi) is 11.4. The van der Waals surface area contributed by atoms with Crippen LogP contribution in [0.3, 0.4) is 0 Å². The van der Waals surface area contributed by atoms with Gasteiger partial charge in [-0.15, -0.1) is 24.0 Å². The lowest BCUT2D eigenvalue weighted by atomic mass is 10.1. The van der Waals surface area contributed by atoms with E-state index in [1.54, 1.807) is 12.1 Å². The highest BCUT2D eigenvalue weighted by molar-refractivity contribution is 14.0. The van der Waals surface area contributed by atoms with Gasteiger partial charge in [-0.3, -0.25) is 9.20 Å². The second-order valence-electron chi connectivity index (χ2n) is 6.19. The highest BCUT2D eigenvalue weighted by atomic mass is 127. The summed E-state index contributed by atoms with van der Waals surface area (Å²) in [5.41, 5.74) is 0.685. The molecule has 0 saturated heterocycles. The molecule has 1 rings (SSSR count). The number of rotatable bonds is 7. The van der Waals surface area contributed by atoms with Gasteiger partial charge in [0, 0.05) is 34.4 Å². The van der Waals surface area contributed by atoms with Gasteiger partial charge in [-0.05, 0) is 45.7 Å². The highest BCUT2D eigenvalue weighted by Gasteiger charge is 2.18. The number of nitrogens with one attached hydrogen (secondary N) is 2. The predicted molar refractivity (Wildman–Crippen MR) is 112 cm³/mol. The Morgan fingerprint density at radius 1 is 1.25 bits per heavy atom. The second kappa shape index (κ2) is 11.8. The highest BCUT2D eigenvalue weighted by Crippen LogP contribution is 2.10.